The molecule has 3 aromatic carbocycles. The summed E-state index contributed by atoms with van der Waals surface area (Å²) >= 11 is 0. The molecule has 0 unspecified atom stereocenters. The highest BCUT2D eigenvalue weighted by Gasteiger charge is 2.15. The minimum absolute atomic E-state index is 0.154. The van der Waals surface area contributed by atoms with Gasteiger partial charge in [-0.2, -0.15) is 0 Å². The molecule has 0 aliphatic heterocycles. The summed E-state index contributed by atoms with van der Waals surface area (Å²) in [4.78, 5) is 12.6. The Balaban J connectivity index is 1.60. The van der Waals surface area contributed by atoms with E-state index in [4.69, 9.17) is 13.9 Å². The molecule has 1 heterocycles. The SMILES string of the molecule is CCOc1ccc(-c2coc3cc(OC)c(/C(C)=C/C(=O)NCc4ccc(C)cc4)cc23)cc1. The lowest BCUT2D eigenvalue weighted by molar-refractivity contribution is -0.116. The van der Waals surface area contributed by atoms with Crippen LogP contribution in [0, 0.1) is 6.92 Å². The van der Waals surface area contributed by atoms with E-state index in [9.17, 15) is 4.79 Å². The highest BCUT2D eigenvalue weighted by molar-refractivity contribution is 6.00. The third-order valence-electron chi connectivity index (χ3n) is 5.73. The van der Waals surface area contributed by atoms with E-state index in [2.05, 4.69) is 5.32 Å². The van der Waals surface area contributed by atoms with Crippen molar-refractivity contribution in [1.82, 2.24) is 5.32 Å². The summed E-state index contributed by atoms with van der Waals surface area (Å²) in [5.41, 5.74) is 6.61. The smallest absolute Gasteiger partial charge is 0.244 e. The number of carbonyl (C=O) groups excluding carboxylic acids is 1. The minimum atomic E-state index is -0.154. The first kappa shape index (κ1) is 23.2. The number of furan rings is 1. The Hall–Kier alpha value is -3.99. The van der Waals surface area contributed by atoms with Gasteiger partial charge in [0.05, 0.1) is 20.0 Å². The molecule has 5 heteroatoms. The monoisotopic (exact) mass is 455 g/mol. The van der Waals surface area contributed by atoms with Gasteiger partial charge in [0.25, 0.3) is 0 Å². The Morgan fingerprint density at radius 1 is 1.06 bits per heavy atom. The second kappa shape index (κ2) is 10.3. The van der Waals surface area contributed by atoms with Crippen LogP contribution in [0.2, 0.25) is 0 Å². The molecule has 5 nitrogen and oxygen atoms in total. The first-order valence-corrected chi connectivity index (χ1v) is 11.3. The van der Waals surface area contributed by atoms with Crippen LogP contribution in [0.5, 0.6) is 11.5 Å². The van der Waals surface area contributed by atoms with Gasteiger partial charge in [0.1, 0.15) is 17.1 Å². The van der Waals surface area contributed by atoms with Crippen LogP contribution in [0.25, 0.3) is 27.7 Å². The van der Waals surface area contributed by atoms with E-state index in [1.165, 1.54) is 5.56 Å². The topological polar surface area (TPSA) is 60.7 Å². The maximum absolute atomic E-state index is 12.6. The van der Waals surface area contributed by atoms with Crippen molar-refractivity contribution in [3.8, 4) is 22.6 Å². The van der Waals surface area contributed by atoms with Crippen molar-refractivity contribution in [2.75, 3.05) is 13.7 Å². The summed E-state index contributed by atoms with van der Waals surface area (Å²) in [5, 5.41) is 3.91. The van der Waals surface area contributed by atoms with Gasteiger partial charge in [-0.05, 0) is 55.7 Å². The average molecular weight is 456 g/mol. The fraction of sp³-hybridized carbons (Fsp3) is 0.207. The number of carbonyl (C=O) groups is 1. The number of ether oxygens (including phenoxy) is 2. The number of methoxy groups -OCH3 is 1. The molecular formula is C29H29NO4. The van der Waals surface area contributed by atoms with Crippen LogP contribution >= 0.6 is 0 Å². The van der Waals surface area contributed by atoms with Crippen molar-refractivity contribution in [3.05, 3.63) is 89.7 Å². The predicted octanol–water partition coefficient (Wildman–Crippen LogP) is 6.54. The summed E-state index contributed by atoms with van der Waals surface area (Å²) in [6.45, 7) is 7.01. The number of nitrogens with one attached hydrogen (secondary N) is 1. The molecule has 0 fully saturated rings. The van der Waals surface area contributed by atoms with Crippen molar-refractivity contribution in [2.24, 2.45) is 0 Å². The van der Waals surface area contributed by atoms with E-state index < -0.39 is 0 Å². The van der Waals surface area contributed by atoms with Gasteiger partial charge in [0.15, 0.2) is 0 Å². The normalized spacial score (nSPS) is 11.5. The van der Waals surface area contributed by atoms with Gasteiger partial charge in [0.2, 0.25) is 5.91 Å². The van der Waals surface area contributed by atoms with Gasteiger partial charge in [-0.3, -0.25) is 4.79 Å². The van der Waals surface area contributed by atoms with E-state index in [1.54, 1.807) is 19.4 Å². The Morgan fingerprint density at radius 2 is 1.79 bits per heavy atom. The molecule has 4 aromatic rings. The molecule has 0 radical (unpaired) electrons. The quantitative estimate of drug-likeness (QED) is 0.307. The summed E-state index contributed by atoms with van der Waals surface area (Å²) < 4.78 is 17.0. The van der Waals surface area contributed by atoms with Gasteiger partial charge < -0.3 is 19.2 Å². The first-order valence-electron chi connectivity index (χ1n) is 11.3. The van der Waals surface area contributed by atoms with Crippen LogP contribution < -0.4 is 14.8 Å². The second-order valence-corrected chi connectivity index (χ2v) is 8.19. The molecule has 1 amide bonds. The van der Waals surface area contributed by atoms with Gasteiger partial charge in [-0.25, -0.2) is 0 Å². The van der Waals surface area contributed by atoms with Crippen molar-refractivity contribution in [2.45, 2.75) is 27.3 Å². The maximum Gasteiger partial charge on any atom is 0.244 e. The number of hydrogen-bond acceptors (Lipinski definition) is 4. The van der Waals surface area contributed by atoms with Crippen LogP contribution in [0.3, 0.4) is 0 Å². The van der Waals surface area contributed by atoms with Crippen LogP contribution in [0.15, 0.2) is 77.4 Å². The fourth-order valence-corrected chi connectivity index (χ4v) is 3.87. The standard InChI is InChI=1S/C29H29NO4/c1-5-33-23-12-10-22(11-13-23)26-18-34-28-16-27(32-4)24(15-25(26)28)20(3)14-29(31)30-17-21-8-6-19(2)7-9-21/h6-16,18H,5,17H2,1-4H3,(H,30,31)/b20-14+. The molecule has 0 spiro atoms. The zero-order valence-corrected chi connectivity index (χ0v) is 20.0. The van der Waals surface area contributed by atoms with E-state index in [0.29, 0.717) is 18.9 Å². The molecule has 0 saturated heterocycles. The summed E-state index contributed by atoms with van der Waals surface area (Å²) in [6, 6.07) is 19.9. The number of rotatable bonds is 8. The van der Waals surface area contributed by atoms with Crippen molar-refractivity contribution in [3.63, 3.8) is 0 Å². The molecule has 0 saturated carbocycles. The molecule has 174 valence electrons. The number of hydrogen-bond donors (Lipinski definition) is 1. The largest absolute Gasteiger partial charge is 0.496 e. The highest BCUT2D eigenvalue weighted by Crippen LogP contribution is 2.37. The zero-order valence-electron chi connectivity index (χ0n) is 20.0. The number of allylic oxidation sites excluding steroid dienone is 1. The molecule has 0 aliphatic carbocycles. The third kappa shape index (κ3) is 5.15. The van der Waals surface area contributed by atoms with Gasteiger partial charge in [0, 0.05) is 35.2 Å². The lowest BCUT2D eigenvalue weighted by Gasteiger charge is -2.10. The maximum atomic E-state index is 12.6. The van der Waals surface area contributed by atoms with E-state index in [-0.39, 0.29) is 5.91 Å². The number of benzene rings is 3. The van der Waals surface area contributed by atoms with Crippen LogP contribution in [-0.2, 0) is 11.3 Å². The Morgan fingerprint density at radius 3 is 2.47 bits per heavy atom. The van der Waals surface area contributed by atoms with E-state index in [0.717, 1.165) is 44.5 Å². The Kier molecular flexibility index (Phi) is 7.02. The van der Waals surface area contributed by atoms with Gasteiger partial charge in [-0.1, -0.05) is 42.0 Å². The first-order chi connectivity index (χ1) is 16.5. The Bertz CT molecular complexity index is 1320. The lowest BCUT2D eigenvalue weighted by Crippen LogP contribution is -2.20. The molecule has 1 aromatic heterocycles. The van der Waals surface area contributed by atoms with E-state index in [1.807, 2.05) is 81.4 Å². The van der Waals surface area contributed by atoms with E-state index >= 15 is 0 Å². The third-order valence-corrected chi connectivity index (χ3v) is 5.73. The van der Waals surface area contributed by atoms with Crippen molar-refractivity contribution < 1.29 is 18.7 Å². The predicted molar refractivity (Wildman–Crippen MR) is 136 cm³/mol. The second-order valence-electron chi connectivity index (χ2n) is 8.19. The molecule has 4 rings (SSSR count). The number of fused-ring (bicyclic) bond motifs is 1. The summed E-state index contributed by atoms with van der Waals surface area (Å²) in [7, 11) is 1.62. The number of aryl methyl sites for hydroxylation is 1. The minimum Gasteiger partial charge on any atom is -0.496 e. The van der Waals surface area contributed by atoms with Gasteiger partial charge >= 0.3 is 0 Å². The molecule has 1 N–H and O–H groups in total. The van der Waals surface area contributed by atoms with Crippen molar-refractivity contribution >= 4 is 22.4 Å². The van der Waals surface area contributed by atoms with Gasteiger partial charge in [-0.15, -0.1) is 0 Å². The van der Waals surface area contributed by atoms with Crippen LogP contribution in [0.4, 0.5) is 0 Å². The zero-order chi connectivity index (χ0) is 24.1. The Labute approximate surface area is 200 Å². The van der Waals surface area contributed by atoms with Crippen LogP contribution in [-0.4, -0.2) is 19.6 Å². The fourth-order valence-electron chi connectivity index (χ4n) is 3.87. The summed E-state index contributed by atoms with van der Waals surface area (Å²) in [6.07, 6.45) is 3.35. The highest BCUT2D eigenvalue weighted by atomic mass is 16.5. The lowest BCUT2D eigenvalue weighted by atomic mass is 9.99. The molecule has 34 heavy (non-hydrogen) atoms. The summed E-state index contributed by atoms with van der Waals surface area (Å²) in [5.74, 6) is 1.33. The van der Waals surface area contributed by atoms with Crippen LogP contribution in [0.1, 0.15) is 30.5 Å². The number of amides is 1. The average Bonchev–Trinajstić information content (AvgIpc) is 3.26. The molecule has 0 atom stereocenters. The molecule has 0 bridgehead atoms. The van der Waals surface area contributed by atoms with Crippen molar-refractivity contribution in [1.29, 1.82) is 0 Å². The molecular weight excluding hydrogens is 426 g/mol. The molecule has 0 aliphatic rings.